The zero-order chi connectivity index (χ0) is 12.4. The molecule has 0 unspecified atom stereocenters. The van der Waals surface area contributed by atoms with Crippen molar-refractivity contribution in [1.82, 2.24) is 9.78 Å². The number of ether oxygens (including phenoxy) is 1. The van der Waals surface area contributed by atoms with Gasteiger partial charge in [0.15, 0.2) is 0 Å². The first-order valence-electron chi connectivity index (χ1n) is 6.31. The molecule has 1 fully saturated rings. The van der Waals surface area contributed by atoms with Gasteiger partial charge in [0, 0.05) is 30.7 Å². The highest BCUT2D eigenvalue weighted by Gasteiger charge is 2.16. The number of nitrogens with zero attached hydrogens (tertiary/aromatic N) is 2. The summed E-state index contributed by atoms with van der Waals surface area (Å²) in [6.07, 6.45) is 6.09. The van der Waals surface area contributed by atoms with Crippen molar-refractivity contribution < 1.29 is 4.74 Å². The van der Waals surface area contributed by atoms with Gasteiger partial charge in [0.2, 0.25) is 0 Å². The van der Waals surface area contributed by atoms with Crippen LogP contribution in [0, 0.1) is 0 Å². The Hall–Kier alpha value is -1.81. The molecule has 1 aliphatic rings. The second-order valence-corrected chi connectivity index (χ2v) is 4.68. The van der Waals surface area contributed by atoms with E-state index in [4.69, 9.17) is 10.5 Å². The molecule has 1 aliphatic heterocycles. The van der Waals surface area contributed by atoms with E-state index in [0.717, 1.165) is 42.9 Å². The lowest BCUT2D eigenvalue weighted by molar-refractivity contribution is 0.0662. The van der Waals surface area contributed by atoms with Crippen LogP contribution in [-0.2, 0) is 4.74 Å². The van der Waals surface area contributed by atoms with Crippen LogP contribution in [0.4, 0.5) is 5.69 Å². The Morgan fingerprint density at radius 2 is 2.06 bits per heavy atom. The van der Waals surface area contributed by atoms with Crippen LogP contribution < -0.4 is 5.73 Å². The predicted molar refractivity (Wildman–Crippen MR) is 71.2 cm³/mol. The van der Waals surface area contributed by atoms with Gasteiger partial charge in [-0.1, -0.05) is 12.1 Å². The zero-order valence-electron chi connectivity index (χ0n) is 10.2. The third-order valence-corrected chi connectivity index (χ3v) is 3.39. The van der Waals surface area contributed by atoms with E-state index in [2.05, 4.69) is 22.0 Å². The van der Waals surface area contributed by atoms with Gasteiger partial charge < -0.3 is 10.5 Å². The average Bonchev–Trinajstić information content (AvgIpc) is 2.89. The largest absolute Gasteiger partial charge is 0.399 e. The molecule has 2 aromatic rings. The maximum Gasteiger partial charge on any atom is 0.0568 e. The molecule has 0 amide bonds. The molecule has 0 radical (unpaired) electrons. The third-order valence-electron chi connectivity index (χ3n) is 3.39. The van der Waals surface area contributed by atoms with Crippen LogP contribution in [0.5, 0.6) is 0 Å². The Morgan fingerprint density at radius 1 is 1.22 bits per heavy atom. The first-order valence-corrected chi connectivity index (χ1v) is 6.31. The summed E-state index contributed by atoms with van der Waals surface area (Å²) in [5.41, 5.74) is 8.82. The number of hydrogen-bond donors (Lipinski definition) is 1. The average molecular weight is 243 g/mol. The molecule has 0 saturated carbocycles. The first kappa shape index (κ1) is 11.3. The van der Waals surface area contributed by atoms with E-state index in [9.17, 15) is 0 Å². The molecule has 4 heteroatoms. The maximum atomic E-state index is 5.80. The van der Waals surface area contributed by atoms with Gasteiger partial charge in [-0.15, -0.1) is 0 Å². The summed E-state index contributed by atoms with van der Waals surface area (Å²) < 4.78 is 7.43. The first-order chi connectivity index (χ1) is 8.83. The van der Waals surface area contributed by atoms with Crippen LogP contribution in [0.1, 0.15) is 18.9 Å². The molecule has 18 heavy (non-hydrogen) atoms. The molecule has 1 aromatic heterocycles. The highest BCUT2D eigenvalue weighted by molar-refractivity contribution is 5.65. The molecule has 2 heterocycles. The lowest BCUT2D eigenvalue weighted by Gasteiger charge is -2.22. The third kappa shape index (κ3) is 2.24. The summed E-state index contributed by atoms with van der Waals surface area (Å²) in [4.78, 5) is 0. The fraction of sp³-hybridized carbons (Fsp3) is 0.357. The summed E-state index contributed by atoms with van der Waals surface area (Å²) in [6.45, 7) is 1.66. The highest BCUT2D eigenvalue weighted by atomic mass is 16.5. The summed E-state index contributed by atoms with van der Waals surface area (Å²) in [6, 6.07) is 8.36. The number of anilines is 1. The van der Waals surface area contributed by atoms with Crippen molar-refractivity contribution in [3.63, 3.8) is 0 Å². The van der Waals surface area contributed by atoms with E-state index in [1.165, 1.54) is 0 Å². The van der Waals surface area contributed by atoms with E-state index in [-0.39, 0.29) is 0 Å². The van der Waals surface area contributed by atoms with Gasteiger partial charge in [0.05, 0.1) is 12.2 Å². The van der Waals surface area contributed by atoms with Crippen molar-refractivity contribution in [1.29, 1.82) is 0 Å². The van der Waals surface area contributed by atoms with Crippen LogP contribution in [-0.4, -0.2) is 23.0 Å². The second-order valence-electron chi connectivity index (χ2n) is 4.68. The van der Waals surface area contributed by atoms with E-state index < -0.39 is 0 Å². The van der Waals surface area contributed by atoms with Crippen molar-refractivity contribution in [3.8, 4) is 11.1 Å². The summed E-state index contributed by atoms with van der Waals surface area (Å²) in [5.74, 6) is 0. The quantitative estimate of drug-likeness (QED) is 0.824. The van der Waals surface area contributed by atoms with Gasteiger partial charge in [0.25, 0.3) is 0 Å². The molecular weight excluding hydrogens is 226 g/mol. The highest BCUT2D eigenvalue weighted by Crippen LogP contribution is 2.25. The number of nitrogen functional groups attached to an aromatic ring is 1. The molecule has 94 valence electrons. The molecular formula is C14H17N3O. The minimum atomic E-state index is 0.466. The molecule has 1 saturated heterocycles. The molecule has 0 aliphatic carbocycles. The van der Waals surface area contributed by atoms with Crippen molar-refractivity contribution in [2.75, 3.05) is 18.9 Å². The zero-order valence-corrected chi connectivity index (χ0v) is 10.2. The number of hydrogen-bond acceptors (Lipinski definition) is 3. The fourth-order valence-corrected chi connectivity index (χ4v) is 2.35. The van der Waals surface area contributed by atoms with E-state index in [1.807, 2.05) is 24.4 Å². The van der Waals surface area contributed by atoms with Crippen molar-refractivity contribution in [2.24, 2.45) is 0 Å². The van der Waals surface area contributed by atoms with E-state index in [0.29, 0.717) is 6.04 Å². The molecule has 0 spiro atoms. The Kier molecular flexibility index (Phi) is 3.02. The van der Waals surface area contributed by atoms with Crippen molar-refractivity contribution in [3.05, 3.63) is 36.7 Å². The minimum absolute atomic E-state index is 0.466. The number of rotatable bonds is 2. The Labute approximate surface area is 106 Å². The number of benzene rings is 1. The van der Waals surface area contributed by atoms with Crippen molar-refractivity contribution >= 4 is 5.69 Å². The maximum absolute atomic E-state index is 5.80. The SMILES string of the molecule is Nc1cccc(-c2cnn(C3CCOCC3)c2)c1. The van der Waals surface area contributed by atoms with E-state index in [1.54, 1.807) is 0 Å². The van der Waals surface area contributed by atoms with Crippen LogP contribution >= 0.6 is 0 Å². The molecule has 0 bridgehead atoms. The standard InChI is InChI=1S/C14H17N3O/c15-13-3-1-2-11(8-13)12-9-16-17(10-12)14-4-6-18-7-5-14/h1-3,8-10,14H,4-7,15H2. The number of aromatic nitrogens is 2. The van der Waals surface area contributed by atoms with Crippen LogP contribution in [0.3, 0.4) is 0 Å². The topological polar surface area (TPSA) is 53.1 Å². The predicted octanol–water partition coefficient (Wildman–Crippen LogP) is 2.48. The van der Waals surface area contributed by atoms with Gasteiger partial charge in [0.1, 0.15) is 0 Å². The Morgan fingerprint density at radius 3 is 2.83 bits per heavy atom. The van der Waals surface area contributed by atoms with Crippen LogP contribution in [0.2, 0.25) is 0 Å². The fourth-order valence-electron chi connectivity index (χ4n) is 2.35. The Balaban J connectivity index is 1.84. The van der Waals surface area contributed by atoms with Gasteiger partial charge in [-0.2, -0.15) is 5.10 Å². The monoisotopic (exact) mass is 243 g/mol. The van der Waals surface area contributed by atoms with Gasteiger partial charge in [-0.05, 0) is 30.5 Å². The Bertz CT molecular complexity index is 529. The lowest BCUT2D eigenvalue weighted by atomic mass is 10.1. The molecule has 3 rings (SSSR count). The second kappa shape index (κ2) is 4.82. The van der Waals surface area contributed by atoms with Gasteiger partial charge in [-0.25, -0.2) is 0 Å². The summed E-state index contributed by atoms with van der Waals surface area (Å²) in [7, 11) is 0. The summed E-state index contributed by atoms with van der Waals surface area (Å²) >= 11 is 0. The summed E-state index contributed by atoms with van der Waals surface area (Å²) in [5, 5.41) is 4.47. The molecule has 2 N–H and O–H groups in total. The molecule has 4 nitrogen and oxygen atoms in total. The number of nitrogens with two attached hydrogens (primary N) is 1. The van der Waals surface area contributed by atoms with Gasteiger partial charge >= 0.3 is 0 Å². The lowest BCUT2D eigenvalue weighted by Crippen LogP contribution is -2.19. The van der Waals surface area contributed by atoms with Crippen LogP contribution in [0.25, 0.3) is 11.1 Å². The van der Waals surface area contributed by atoms with Crippen molar-refractivity contribution in [2.45, 2.75) is 18.9 Å². The smallest absolute Gasteiger partial charge is 0.0568 e. The normalized spacial score (nSPS) is 16.9. The van der Waals surface area contributed by atoms with Gasteiger partial charge in [-0.3, -0.25) is 4.68 Å². The minimum Gasteiger partial charge on any atom is -0.399 e. The molecule has 1 aromatic carbocycles. The van der Waals surface area contributed by atoms with E-state index >= 15 is 0 Å². The van der Waals surface area contributed by atoms with Crippen LogP contribution in [0.15, 0.2) is 36.7 Å². The molecule has 0 atom stereocenters.